The largest absolute Gasteiger partial charge is 0.414 e. The minimum atomic E-state index is -0.430. The molecule has 0 spiro atoms. The molecule has 6 nitrogen and oxygen atoms in total. The van der Waals surface area contributed by atoms with Crippen LogP contribution in [0.4, 0.5) is 10.5 Å². The van der Waals surface area contributed by atoms with Gasteiger partial charge < -0.3 is 19.5 Å². The van der Waals surface area contributed by atoms with Crippen LogP contribution in [0.25, 0.3) is 10.9 Å². The van der Waals surface area contributed by atoms with Crippen molar-refractivity contribution in [2.24, 2.45) is 0 Å². The molecule has 0 aliphatic carbocycles. The number of aromatic nitrogens is 2. The maximum absolute atomic E-state index is 12.8. The van der Waals surface area contributed by atoms with Gasteiger partial charge in [-0.3, -0.25) is 4.98 Å². The second-order valence-corrected chi connectivity index (χ2v) is 8.63. The molecule has 0 radical (unpaired) electrons. The third kappa shape index (κ3) is 4.81. The highest BCUT2D eigenvalue weighted by Crippen LogP contribution is 2.28. The van der Waals surface area contributed by atoms with Crippen LogP contribution in [0.5, 0.6) is 5.88 Å². The van der Waals surface area contributed by atoms with Crippen molar-refractivity contribution in [1.29, 1.82) is 0 Å². The second kappa shape index (κ2) is 9.55. The molecule has 1 aliphatic rings. The van der Waals surface area contributed by atoms with E-state index in [2.05, 4.69) is 15.2 Å². The van der Waals surface area contributed by atoms with Crippen molar-refractivity contribution in [2.75, 3.05) is 18.0 Å². The Labute approximate surface area is 197 Å². The number of piperidine rings is 1. The molecule has 5 rings (SSSR count). The number of carbonyl (C=O) groups is 1. The van der Waals surface area contributed by atoms with Crippen LogP contribution in [0.1, 0.15) is 18.4 Å². The number of benzene rings is 2. The quantitative estimate of drug-likeness (QED) is 0.427. The maximum atomic E-state index is 12.8. The summed E-state index contributed by atoms with van der Waals surface area (Å²) in [5.74, 6) is 0.503. The Morgan fingerprint density at radius 1 is 1.03 bits per heavy atom. The fraction of sp³-hybridized carbons (Fsp3) is 0.231. The standard InChI is InChI=1S/C26H25ClN4O2/c27-23-7-3-1-6-20(23)18-31-24-8-4-2-5-19(24)17-25(31)33-26(32)29-21-11-15-30(16-12-21)22-9-13-28-14-10-22/h1-10,13-14,17,21H,11-12,15-16,18H2,(H,29,32). The monoisotopic (exact) mass is 460 g/mol. The van der Waals surface area contributed by atoms with Gasteiger partial charge in [0.15, 0.2) is 0 Å². The average molecular weight is 461 g/mol. The van der Waals surface area contributed by atoms with Crippen LogP contribution < -0.4 is 15.0 Å². The van der Waals surface area contributed by atoms with Gasteiger partial charge in [-0.05, 0) is 42.7 Å². The van der Waals surface area contributed by atoms with Crippen LogP contribution in [0.3, 0.4) is 0 Å². The Bertz CT molecular complexity index is 1250. The number of nitrogens with one attached hydrogen (secondary N) is 1. The van der Waals surface area contributed by atoms with Gasteiger partial charge in [-0.2, -0.15) is 0 Å². The van der Waals surface area contributed by atoms with Crippen LogP contribution in [0, 0.1) is 0 Å². The summed E-state index contributed by atoms with van der Waals surface area (Å²) in [6.45, 7) is 2.27. The first-order valence-corrected chi connectivity index (χ1v) is 11.5. The van der Waals surface area contributed by atoms with E-state index in [0.29, 0.717) is 17.4 Å². The van der Waals surface area contributed by atoms with Crippen molar-refractivity contribution in [3.63, 3.8) is 0 Å². The van der Waals surface area contributed by atoms with E-state index < -0.39 is 6.09 Å². The normalized spacial score (nSPS) is 14.4. The van der Waals surface area contributed by atoms with Gasteiger partial charge in [0.2, 0.25) is 5.88 Å². The molecule has 0 bridgehead atoms. The lowest BCUT2D eigenvalue weighted by atomic mass is 10.0. The number of halogens is 1. The molecule has 7 heteroatoms. The Kier molecular flexibility index (Phi) is 6.17. The SMILES string of the molecule is O=C(NC1CCN(c2ccncc2)CC1)Oc1cc2ccccc2n1Cc1ccccc1Cl. The molecule has 4 aromatic rings. The zero-order valence-electron chi connectivity index (χ0n) is 18.2. The lowest BCUT2D eigenvalue weighted by Crippen LogP contribution is -2.45. The summed E-state index contributed by atoms with van der Waals surface area (Å²) in [6.07, 6.45) is 4.90. The summed E-state index contributed by atoms with van der Waals surface area (Å²) >= 11 is 6.39. The minimum absolute atomic E-state index is 0.0805. The summed E-state index contributed by atoms with van der Waals surface area (Å²) < 4.78 is 7.79. The van der Waals surface area contributed by atoms with Gasteiger partial charge in [-0.1, -0.05) is 48.0 Å². The zero-order chi connectivity index (χ0) is 22.6. The van der Waals surface area contributed by atoms with Gasteiger partial charge >= 0.3 is 6.09 Å². The Morgan fingerprint density at radius 3 is 2.55 bits per heavy atom. The molecule has 1 aliphatic heterocycles. The van der Waals surface area contributed by atoms with Gasteiger partial charge in [0.1, 0.15) is 0 Å². The molecule has 0 saturated carbocycles. The molecule has 3 heterocycles. The zero-order valence-corrected chi connectivity index (χ0v) is 18.9. The van der Waals surface area contributed by atoms with Crippen LogP contribution >= 0.6 is 11.6 Å². The van der Waals surface area contributed by atoms with Crippen LogP contribution in [-0.4, -0.2) is 34.8 Å². The van der Waals surface area contributed by atoms with Crippen molar-refractivity contribution < 1.29 is 9.53 Å². The molecular weight excluding hydrogens is 436 g/mol. The number of ether oxygens (including phenoxy) is 1. The van der Waals surface area contributed by atoms with E-state index in [0.717, 1.165) is 48.1 Å². The predicted octanol–water partition coefficient (Wildman–Crippen LogP) is 5.50. The number of anilines is 1. The van der Waals surface area contributed by atoms with Crippen molar-refractivity contribution >= 4 is 34.3 Å². The first-order chi connectivity index (χ1) is 16.2. The summed E-state index contributed by atoms with van der Waals surface area (Å²) in [5.41, 5.74) is 3.12. The van der Waals surface area contributed by atoms with Crippen LogP contribution in [-0.2, 0) is 6.54 Å². The fourth-order valence-electron chi connectivity index (χ4n) is 4.36. The minimum Gasteiger partial charge on any atom is -0.393 e. The lowest BCUT2D eigenvalue weighted by Gasteiger charge is -2.33. The van der Waals surface area contributed by atoms with E-state index in [-0.39, 0.29) is 6.04 Å². The van der Waals surface area contributed by atoms with E-state index in [1.54, 1.807) is 12.4 Å². The van der Waals surface area contributed by atoms with Crippen molar-refractivity contribution in [3.8, 4) is 5.88 Å². The van der Waals surface area contributed by atoms with E-state index in [4.69, 9.17) is 16.3 Å². The Balaban J connectivity index is 1.27. The molecule has 2 aromatic heterocycles. The molecule has 0 atom stereocenters. The third-order valence-corrected chi connectivity index (χ3v) is 6.47. The summed E-state index contributed by atoms with van der Waals surface area (Å²) in [5, 5.41) is 4.75. The predicted molar refractivity (Wildman–Crippen MR) is 131 cm³/mol. The Morgan fingerprint density at radius 2 is 1.76 bits per heavy atom. The highest BCUT2D eigenvalue weighted by atomic mass is 35.5. The molecule has 2 aromatic carbocycles. The van der Waals surface area contributed by atoms with E-state index in [1.807, 2.05) is 71.3 Å². The highest BCUT2D eigenvalue weighted by Gasteiger charge is 2.22. The number of rotatable bonds is 5. The maximum Gasteiger partial charge on any atom is 0.414 e. The Hall–Kier alpha value is -3.51. The van der Waals surface area contributed by atoms with Gasteiger partial charge in [0.25, 0.3) is 0 Å². The smallest absolute Gasteiger partial charge is 0.393 e. The topological polar surface area (TPSA) is 59.4 Å². The van der Waals surface area contributed by atoms with E-state index in [9.17, 15) is 4.79 Å². The van der Waals surface area contributed by atoms with Crippen molar-refractivity contribution in [3.05, 3.63) is 89.7 Å². The first-order valence-electron chi connectivity index (χ1n) is 11.1. The average Bonchev–Trinajstić information content (AvgIpc) is 3.18. The molecule has 1 saturated heterocycles. The highest BCUT2D eigenvalue weighted by molar-refractivity contribution is 6.31. The number of pyridine rings is 1. The van der Waals surface area contributed by atoms with Gasteiger partial charge in [0, 0.05) is 53.7 Å². The second-order valence-electron chi connectivity index (χ2n) is 8.22. The number of fused-ring (bicyclic) bond motifs is 1. The van der Waals surface area contributed by atoms with E-state index >= 15 is 0 Å². The molecule has 1 N–H and O–H groups in total. The van der Waals surface area contributed by atoms with Crippen molar-refractivity contribution in [1.82, 2.24) is 14.9 Å². The van der Waals surface area contributed by atoms with Gasteiger partial charge in [-0.25, -0.2) is 4.79 Å². The number of hydrogen-bond donors (Lipinski definition) is 1. The number of para-hydroxylation sites is 1. The molecule has 1 amide bonds. The molecule has 0 unspecified atom stereocenters. The lowest BCUT2D eigenvalue weighted by molar-refractivity contribution is 0.190. The van der Waals surface area contributed by atoms with Gasteiger partial charge in [-0.15, -0.1) is 0 Å². The molecule has 1 fully saturated rings. The number of carbonyl (C=O) groups excluding carboxylic acids is 1. The number of hydrogen-bond acceptors (Lipinski definition) is 4. The fourth-order valence-corrected chi connectivity index (χ4v) is 4.55. The summed E-state index contributed by atoms with van der Waals surface area (Å²) in [6, 6.07) is 21.7. The molecular formula is C26H25ClN4O2. The molecule has 168 valence electrons. The first kappa shape index (κ1) is 21.3. The van der Waals surface area contributed by atoms with Crippen LogP contribution in [0.15, 0.2) is 79.1 Å². The summed E-state index contributed by atoms with van der Waals surface area (Å²) in [7, 11) is 0. The van der Waals surface area contributed by atoms with Crippen molar-refractivity contribution in [2.45, 2.75) is 25.4 Å². The van der Waals surface area contributed by atoms with E-state index in [1.165, 1.54) is 0 Å². The molecule has 33 heavy (non-hydrogen) atoms. The third-order valence-electron chi connectivity index (χ3n) is 6.10. The summed E-state index contributed by atoms with van der Waals surface area (Å²) in [4.78, 5) is 19.2. The van der Waals surface area contributed by atoms with Crippen LogP contribution in [0.2, 0.25) is 5.02 Å². The van der Waals surface area contributed by atoms with Gasteiger partial charge in [0.05, 0.1) is 12.1 Å². The number of amides is 1. The number of nitrogens with zero attached hydrogens (tertiary/aromatic N) is 3.